The third-order valence-corrected chi connectivity index (χ3v) is 1.97. The van der Waals surface area contributed by atoms with Gasteiger partial charge in [-0.3, -0.25) is 0 Å². The van der Waals surface area contributed by atoms with Crippen molar-refractivity contribution in [2.24, 2.45) is 0 Å². The van der Waals surface area contributed by atoms with Crippen LogP contribution in [0.5, 0.6) is 5.75 Å². The number of hydrogen-bond acceptors (Lipinski definition) is 3. The van der Waals surface area contributed by atoms with Gasteiger partial charge in [-0.05, 0) is 19.1 Å². The molecule has 66 valence electrons. The van der Waals surface area contributed by atoms with E-state index in [1.165, 1.54) is 6.26 Å². The van der Waals surface area contributed by atoms with Crippen LogP contribution >= 0.6 is 0 Å². The van der Waals surface area contributed by atoms with Gasteiger partial charge in [-0.2, -0.15) is 0 Å². The Morgan fingerprint density at radius 3 is 2.25 bits per heavy atom. The third-order valence-electron chi connectivity index (χ3n) is 1.27. The lowest BCUT2D eigenvalue weighted by Gasteiger charge is -2.03. The van der Waals surface area contributed by atoms with E-state index in [1.807, 2.05) is 19.1 Å². The highest BCUT2D eigenvalue weighted by molar-refractivity contribution is 8.30. The van der Waals surface area contributed by atoms with Crippen molar-refractivity contribution < 1.29 is 8.39 Å². The zero-order valence-electron chi connectivity index (χ0n) is 6.94. The van der Waals surface area contributed by atoms with E-state index in [0.29, 0.717) is 5.75 Å². The van der Waals surface area contributed by atoms with Gasteiger partial charge in [0.15, 0.2) is 8.77 Å². The topological polar surface area (TPSA) is 26.3 Å². The highest BCUT2D eigenvalue weighted by Gasteiger charge is 1.98. The normalized spacial score (nSPS) is 15.2. The van der Waals surface area contributed by atoms with Gasteiger partial charge in [0, 0.05) is 17.4 Å². The molecular formula is C8H10O2S2. The van der Waals surface area contributed by atoms with Crippen molar-refractivity contribution in [3.63, 3.8) is 0 Å². The summed E-state index contributed by atoms with van der Waals surface area (Å²) in [7, 11) is -2.56. The van der Waals surface area contributed by atoms with Crippen molar-refractivity contribution >= 4 is 20.0 Å². The molecule has 0 bridgehead atoms. The van der Waals surface area contributed by atoms with Crippen molar-refractivity contribution in [3.8, 4) is 5.75 Å². The van der Waals surface area contributed by atoms with E-state index in [1.54, 1.807) is 12.1 Å². The Kier molecular flexibility index (Phi) is 2.69. The van der Waals surface area contributed by atoms with Crippen LogP contribution in [0.1, 0.15) is 5.56 Å². The maximum absolute atomic E-state index is 11.0. The van der Waals surface area contributed by atoms with Crippen LogP contribution in [0.25, 0.3) is 0 Å². The van der Waals surface area contributed by atoms with Crippen molar-refractivity contribution in [1.29, 1.82) is 0 Å². The summed E-state index contributed by atoms with van der Waals surface area (Å²) in [4.78, 5) is 0. The molecule has 0 fully saturated rings. The molecule has 2 nitrogen and oxygen atoms in total. The van der Waals surface area contributed by atoms with E-state index in [-0.39, 0.29) is 0 Å². The summed E-state index contributed by atoms with van der Waals surface area (Å²) in [5.74, 6) is 0.558. The molecule has 12 heavy (non-hydrogen) atoms. The Labute approximate surface area is 77.4 Å². The maximum atomic E-state index is 11.0. The molecule has 0 saturated heterocycles. The molecule has 4 heteroatoms. The molecule has 0 radical (unpaired) electrons. The van der Waals surface area contributed by atoms with E-state index >= 15 is 0 Å². The second kappa shape index (κ2) is 3.41. The van der Waals surface area contributed by atoms with E-state index < -0.39 is 8.77 Å². The van der Waals surface area contributed by atoms with Crippen LogP contribution in [0.3, 0.4) is 0 Å². The molecule has 1 atom stereocenters. The standard InChI is InChI=1S/C8H10O2S2/c1-7-3-5-8(6-4-7)10-12(2,9)11/h3-6H,1-2H3. The van der Waals surface area contributed by atoms with Gasteiger partial charge < -0.3 is 4.18 Å². The summed E-state index contributed by atoms with van der Waals surface area (Å²) >= 11 is 4.61. The lowest BCUT2D eigenvalue weighted by atomic mass is 10.2. The average Bonchev–Trinajstić information content (AvgIpc) is 1.91. The smallest absolute Gasteiger partial charge is 0.182 e. The average molecular weight is 202 g/mol. The minimum atomic E-state index is -2.56. The first kappa shape index (κ1) is 9.48. The summed E-state index contributed by atoms with van der Waals surface area (Å²) in [6.07, 6.45) is 1.39. The van der Waals surface area contributed by atoms with Crippen LogP contribution in [0.2, 0.25) is 0 Å². The third kappa shape index (κ3) is 3.19. The molecule has 1 aromatic rings. The summed E-state index contributed by atoms with van der Waals surface area (Å²) in [6.45, 7) is 1.97. The zero-order chi connectivity index (χ0) is 9.19. The van der Waals surface area contributed by atoms with Gasteiger partial charge in [-0.1, -0.05) is 17.7 Å². The van der Waals surface area contributed by atoms with Gasteiger partial charge in [0.2, 0.25) is 0 Å². The maximum Gasteiger partial charge on any atom is 0.182 e. The molecule has 0 heterocycles. The predicted octanol–water partition coefficient (Wildman–Crippen LogP) is 1.66. The molecule has 0 aliphatic heterocycles. The molecule has 0 aliphatic rings. The highest BCUT2D eigenvalue weighted by Crippen LogP contribution is 2.12. The molecule has 0 N–H and O–H groups in total. The van der Waals surface area contributed by atoms with Gasteiger partial charge in [0.25, 0.3) is 0 Å². The van der Waals surface area contributed by atoms with Crippen LogP contribution in [-0.4, -0.2) is 10.5 Å². The number of aryl methyl sites for hydroxylation is 1. The largest absolute Gasteiger partial charge is 0.401 e. The van der Waals surface area contributed by atoms with Crippen LogP contribution in [-0.2, 0) is 20.0 Å². The van der Waals surface area contributed by atoms with Gasteiger partial charge in [0.1, 0.15) is 5.75 Å². The van der Waals surface area contributed by atoms with Crippen molar-refractivity contribution in [2.45, 2.75) is 6.92 Å². The Morgan fingerprint density at radius 2 is 1.83 bits per heavy atom. The summed E-state index contributed by atoms with van der Waals surface area (Å²) < 4.78 is 16.0. The monoisotopic (exact) mass is 202 g/mol. The van der Waals surface area contributed by atoms with Crippen LogP contribution in [0, 0.1) is 6.92 Å². The van der Waals surface area contributed by atoms with Crippen molar-refractivity contribution in [1.82, 2.24) is 0 Å². The van der Waals surface area contributed by atoms with Crippen LogP contribution < -0.4 is 4.18 Å². The number of rotatable bonds is 2. The Balaban J connectivity index is 2.85. The van der Waals surface area contributed by atoms with E-state index in [0.717, 1.165) is 5.56 Å². The lowest BCUT2D eigenvalue weighted by molar-refractivity contribution is 0.565. The van der Waals surface area contributed by atoms with E-state index in [2.05, 4.69) is 11.2 Å². The second-order valence-corrected chi connectivity index (χ2v) is 5.99. The highest BCUT2D eigenvalue weighted by atomic mass is 32.8. The molecule has 0 amide bonds. The molecule has 0 aromatic heterocycles. The van der Waals surface area contributed by atoms with Gasteiger partial charge in [-0.25, -0.2) is 4.21 Å². The van der Waals surface area contributed by atoms with Crippen LogP contribution in [0.4, 0.5) is 0 Å². The fraction of sp³-hybridized carbons (Fsp3) is 0.250. The second-order valence-electron chi connectivity index (χ2n) is 2.60. The number of benzene rings is 1. The van der Waals surface area contributed by atoms with E-state index in [4.69, 9.17) is 4.18 Å². The first-order chi connectivity index (χ1) is 5.47. The minimum absolute atomic E-state index is 0.558. The Hall–Kier alpha value is -0.610. The predicted molar refractivity (Wildman–Crippen MR) is 53.2 cm³/mol. The molecule has 1 rings (SSSR count). The fourth-order valence-corrected chi connectivity index (χ4v) is 1.47. The van der Waals surface area contributed by atoms with Gasteiger partial charge in [-0.15, -0.1) is 0 Å². The Bertz CT molecular complexity index is 351. The van der Waals surface area contributed by atoms with Crippen molar-refractivity contribution in [2.75, 3.05) is 6.26 Å². The Morgan fingerprint density at radius 1 is 1.33 bits per heavy atom. The summed E-state index contributed by atoms with van der Waals surface area (Å²) in [6, 6.07) is 7.28. The molecule has 0 saturated carbocycles. The summed E-state index contributed by atoms with van der Waals surface area (Å²) in [5.41, 5.74) is 1.13. The summed E-state index contributed by atoms with van der Waals surface area (Å²) in [5, 5.41) is 0. The lowest BCUT2D eigenvalue weighted by Crippen LogP contribution is -2.03. The molecule has 0 aliphatic carbocycles. The zero-order valence-corrected chi connectivity index (χ0v) is 8.58. The molecule has 0 spiro atoms. The molecular weight excluding hydrogens is 192 g/mol. The molecule has 1 unspecified atom stereocenters. The van der Waals surface area contributed by atoms with Crippen LogP contribution in [0.15, 0.2) is 24.3 Å². The van der Waals surface area contributed by atoms with Crippen molar-refractivity contribution in [3.05, 3.63) is 29.8 Å². The number of hydrogen-bond donors (Lipinski definition) is 0. The van der Waals surface area contributed by atoms with Gasteiger partial charge >= 0.3 is 0 Å². The fourth-order valence-electron chi connectivity index (χ4n) is 0.769. The quantitative estimate of drug-likeness (QED) is 0.729. The van der Waals surface area contributed by atoms with E-state index in [9.17, 15) is 4.21 Å². The SMILES string of the molecule is Cc1ccc(OS(C)(=O)=S)cc1. The minimum Gasteiger partial charge on any atom is -0.401 e. The molecule has 1 aromatic carbocycles. The first-order valence-corrected chi connectivity index (χ1v) is 6.25. The van der Waals surface area contributed by atoms with Gasteiger partial charge in [0.05, 0.1) is 0 Å². The first-order valence-electron chi connectivity index (χ1n) is 3.43.